The zero-order valence-electron chi connectivity index (χ0n) is 11.7. The molecule has 0 saturated carbocycles. The van der Waals surface area contributed by atoms with Crippen LogP contribution in [0.5, 0.6) is 0 Å². The summed E-state index contributed by atoms with van der Waals surface area (Å²) in [5.74, 6) is -0.563. The average Bonchev–Trinajstić information content (AvgIpc) is 2.47. The van der Waals surface area contributed by atoms with E-state index >= 15 is 0 Å². The normalized spacial score (nSPS) is 16.2. The molecule has 2 rings (SSSR count). The molecular formula is C16H20N2O2. The van der Waals surface area contributed by atoms with Gasteiger partial charge in [-0.2, -0.15) is 0 Å². The number of amides is 2. The van der Waals surface area contributed by atoms with Crippen molar-refractivity contribution in [2.45, 2.75) is 19.8 Å². The molecular weight excluding hydrogens is 252 g/mol. The third-order valence-corrected chi connectivity index (χ3v) is 3.46. The molecule has 0 radical (unpaired) electrons. The lowest BCUT2D eigenvalue weighted by Crippen LogP contribution is -2.40. The van der Waals surface area contributed by atoms with E-state index in [2.05, 4.69) is 10.6 Å². The van der Waals surface area contributed by atoms with Crippen LogP contribution in [0.2, 0.25) is 0 Å². The first-order chi connectivity index (χ1) is 9.65. The molecule has 1 heterocycles. The van der Waals surface area contributed by atoms with Gasteiger partial charge in [0.15, 0.2) is 0 Å². The van der Waals surface area contributed by atoms with Gasteiger partial charge in [-0.3, -0.25) is 14.9 Å². The molecule has 1 saturated heterocycles. The van der Waals surface area contributed by atoms with Crippen molar-refractivity contribution in [1.82, 2.24) is 10.6 Å². The predicted octanol–water partition coefficient (Wildman–Crippen LogP) is 1.65. The van der Waals surface area contributed by atoms with Gasteiger partial charge in [-0.25, -0.2) is 0 Å². The second-order valence-corrected chi connectivity index (χ2v) is 5.12. The summed E-state index contributed by atoms with van der Waals surface area (Å²) in [7, 11) is 0. The summed E-state index contributed by atoms with van der Waals surface area (Å²) >= 11 is 0. The molecule has 2 amide bonds. The molecule has 4 heteroatoms. The molecule has 1 fully saturated rings. The highest BCUT2D eigenvalue weighted by Crippen LogP contribution is 2.11. The van der Waals surface area contributed by atoms with Gasteiger partial charge in [0.2, 0.25) is 5.91 Å². The Hall–Kier alpha value is -1.94. The highest BCUT2D eigenvalue weighted by molar-refractivity contribution is 6.03. The van der Waals surface area contributed by atoms with E-state index in [1.807, 2.05) is 31.2 Å². The van der Waals surface area contributed by atoms with Crippen molar-refractivity contribution in [2.24, 2.45) is 5.92 Å². The Labute approximate surface area is 119 Å². The fourth-order valence-electron chi connectivity index (χ4n) is 2.20. The summed E-state index contributed by atoms with van der Waals surface area (Å²) in [6, 6.07) is 7.84. The van der Waals surface area contributed by atoms with Crippen LogP contribution in [0, 0.1) is 12.8 Å². The van der Waals surface area contributed by atoms with Crippen LogP contribution >= 0.6 is 0 Å². The second kappa shape index (κ2) is 7.01. The van der Waals surface area contributed by atoms with E-state index in [0.717, 1.165) is 31.5 Å². The summed E-state index contributed by atoms with van der Waals surface area (Å²) in [4.78, 5) is 23.6. The molecule has 0 atom stereocenters. The van der Waals surface area contributed by atoms with E-state index in [1.165, 1.54) is 11.6 Å². The summed E-state index contributed by atoms with van der Waals surface area (Å²) in [6.45, 7) is 3.69. The molecule has 1 aliphatic heterocycles. The Morgan fingerprint density at radius 3 is 2.50 bits per heavy atom. The lowest BCUT2D eigenvalue weighted by atomic mass is 9.97. The minimum Gasteiger partial charge on any atom is -0.317 e. The van der Waals surface area contributed by atoms with Crippen LogP contribution in [-0.2, 0) is 9.59 Å². The largest absolute Gasteiger partial charge is 0.317 e. The Bertz CT molecular complexity index is 500. The zero-order chi connectivity index (χ0) is 14.4. The van der Waals surface area contributed by atoms with Crippen LogP contribution in [-0.4, -0.2) is 24.9 Å². The molecule has 0 bridgehead atoms. The van der Waals surface area contributed by atoms with Crippen molar-refractivity contribution in [3.05, 3.63) is 41.5 Å². The van der Waals surface area contributed by atoms with Gasteiger partial charge in [0, 0.05) is 12.0 Å². The van der Waals surface area contributed by atoms with E-state index in [0.29, 0.717) is 0 Å². The molecule has 0 unspecified atom stereocenters. The Morgan fingerprint density at radius 2 is 1.85 bits per heavy atom. The number of piperidine rings is 1. The number of imide groups is 1. The highest BCUT2D eigenvalue weighted by Gasteiger charge is 2.21. The number of carbonyl (C=O) groups excluding carboxylic acids is 2. The first-order valence-electron chi connectivity index (χ1n) is 6.95. The van der Waals surface area contributed by atoms with Gasteiger partial charge in [0.1, 0.15) is 0 Å². The lowest BCUT2D eigenvalue weighted by molar-refractivity contribution is -0.131. The minimum absolute atomic E-state index is 0.0482. The van der Waals surface area contributed by atoms with Crippen molar-refractivity contribution in [3.8, 4) is 0 Å². The lowest BCUT2D eigenvalue weighted by Gasteiger charge is -2.20. The molecule has 0 aromatic heterocycles. The van der Waals surface area contributed by atoms with Crippen LogP contribution in [0.25, 0.3) is 6.08 Å². The van der Waals surface area contributed by atoms with Crippen LogP contribution in [0.1, 0.15) is 24.0 Å². The van der Waals surface area contributed by atoms with Gasteiger partial charge in [0.05, 0.1) is 0 Å². The Morgan fingerprint density at radius 1 is 1.20 bits per heavy atom. The molecule has 20 heavy (non-hydrogen) atoms. The van der Waals surface area contributed by atoms with Gasteiger partial charge in [-0.1, -0.05) is 29.8 Å². The predicted molar refractivity (Wildman–Crippen MR) is 79.0 cm³/mol. The summed E-state index contributed by atoms with van der Waals surface area (Å²) in [6.07, 6.45) is 4.70. The van der Waals surface area contributed by atoms with Crippen molar-refractivity contribution >= 4 is 17.9 Å². The summed E-state index contributed by atoms with van der Waals surface area (Å²) in [5.41, 5.74) is 2.12. The van der Waals surface area contributed by atoms with Gasteiger partial charge in [-0.05, 0) is 44.5 Å². The monoisotopic (exact) mass is 272 g/mol. The molecule has 2 N–H and O–H groups in total. The minimum atomic E-state index is -0.353. The van der Waals surface area contributed by atoms with E-state index in [9.17, 15) is 9.59 Å². The molecule has 4 nitrogen and oxygen atoms in total. The maximum atomic E-state index is 11.9. The number of nitrogens with one attached hydrogen (secondary N) is 2. The maximum absolute atomic E-state index is 11.9. The quantitative estimate of drug-likeness (QED) is 0.823. The van der Waals surface area contributed by atoms with Crippen LogP contribution in [0.4, 0.5) is 0 Å². The van der Waals surface area contributed by atoms with Crippen molar-refractivity contribution in [3.63, 3.8) is 0 Å². The van der Waals surface area contributed by atoms with Crippen molar-refractivity contribution < 1.29 is 9.59 Å². The fraction of sp³-hybridized carbons (Fsp3) is 0.375. The first-order valence-corrected chi connectivity index (χ1v) is 6.95. The third kappa shape index (κ3) is 4.31. The summed E-state index contributed by atoms with van der Waals surface area (Å²) in [5, 5.41) is 5.63. The van der Waals surface area contributed by atoms with Gasteiger partial charge in [-0.15, -0.1) is 0 Å². The number of rotatable bonds is 3. The number of hydrogen-bond donors (Lipinski definition) is 2. The van der Waals surface area contributed by atoms with Crippen LogP contribution < -0.4 is 10.6 Å². The van der Waals surface area contributed by atoms with E-state index in [1.54, 1.807) is 6.08 Å². The smallest absolute Gasteiger partial charge is 0.250 e. The number of carbonyl (C=O) groups is 2. The third-order valence-electron chi connectivity index (χ3n) is 3.46. The number of benzene rings is 1. The molecule has 1 aromatic rings. The first kappa shape index (κ1) is 14.5. The topological polar surface area (TPSA) is 58.2 Å². The molecule has 0 spiro atoms. The SMILES string of the molecule is Cc1ccc(/C=C/C(=O)NC(=O)C2CCNCC2)cc1. The number of hydrogen-bond acceptors (Lipinski definition) is 3. The molecule has 1 aliphatic rings. The Kier molecular flexibility index (Phi) is 5.07. The fourth-order valence-corrected chi connectivity index (χ4v) is 2.20. The van der Waals surface area contributed by atoms with Gasteiger partial charge < -0.3 is 5.32 Å². The maximum Gasteiger partial charge on any atom is 0.250 e. The van der Waals surface area contributed by atoms with Gasteiger partial charge in [0.25, 0.3) is 5.91 Å². The molecule has 0 aliphatic carbocycles. The average molecular weight is 272 g/mol. The van der Waals surface area contributed by atoms with Crippen LogP contribution in [0.15, 0.2) is 30.3 Å². The van der Waals surface area contributed by atoms with Crippen molar-refractivity contribution in [2.75, 3.05) is 13.1 Å². The highest BCUT2D eigenvalue weighted by atomic mass is 16.2. The van der Waals surface area contributed by atoms with E-state index < -0.39 is 0 Å². The second-order valence-electron chi connectivity index (χ2n) is 5.12. The number of aryl methyl sites for hydroxylation is 1. The molecule has 106 valence electrons. The van der Waals surface area contributed by atoms with Crippen molar-refractivity contribution in [1.29, 1.82) is 0 Å². The summed E-state index contributed by atoms with van der Waals surface area (Å²) < 4.78 is 0. The van der Waals surface area contributed by atoms with E-state index in [-0.39, 0.29) is 17.7 Å². The van der Waals surface area contributed by atoms with Crippen LogP contribution in [0.3, 0.4) is 0 Å². The van der Waals surface area contributed by atoms with Gasteiger partial charge >= 0.3 is 0 Å². The standard InChI is InChI=1S/C16H20N2O2/c1-12-2-4-13(5-3-12)6-7-15(19)18-16(20)14-8-10-17-11-9-14/h2-7,14,17H,8-11H2,1H3,(H,18,19,20)/b7-6+. The van der Waals surface area contributed by atoms with E-state index in [4.69, 9.17) is 0 Å². The zero-order valence-corrected chi connectivity index (χ0v) is 11.7. The Balaban J connectivity index is 1.85. The molecule has 1 aromatic carbocycles.